The maximum absolute atomic E-state index is 12.3. The molecule has 0 aliphatic rings. The van der Waals surface area contributed by atoms with E-state index < -0.39 is 34.4 Å². The molecule has 162 valence electrons. The molecule has 0 saturated heterocycles. The molecular weight excluding hydrogens is 446 g/mol. The van der Waals surface area contributed by atoms with E-state index in [-0.39, 0.29) is 15.5 Å². The van der Waals surface area contributed by atoms with Crippen molar-refractivity contribution in [3.05, 3.63) is 64.9 Å². The van der Waals surface area contributed by atoms with E-state index in [0.717, 1.165) is 11.3 Å². The molecule has 0 saturated carbocycles. The largest absolute Gasteiger partial charge is 0.459 e. The van der Waals surface area contributed by atoms with Crippen LogP contribution in [0.25, 0.3) is 0 Å². The van der Waals surface area contributed by atoms with Crippen LogP contribution in [0, 0.1) is 6.92 Å². The number of nitrogens with two attached hydrogens (primary N) is 1. The lowest BCUT2D eigenvalue weighted by Crippen LogP contribution is -2.21. The van der Waals surface area contributed by atoms with Crippen molar-refractivity contribution in [1.82, 2.24) is 0 Å². The first kappa shape index (κ1) is 22.2. The number of carbonyl (C=O) groups excluding carboxylic acids is 3. The molecule has 0 fully saturated rings. The first-order chi connectivity index (χ1) is 14.6. The zero-order valence-corrected chi connectivity index (χ0v) is 17.7. The number of carbonyl (C=O) groups is 3. The number of thiophene rings is 1. The minimum atomic E-state index is -3.84. The summed E-state index contributed by atoms with van der Waals surface area (Å²) in [7, 11) is -3.84. The average molecular weight is 463 g/mol. The van der Waals surface area contributed by atoms with Crippen LogP contribution in [0.5, 0.6) is 0 Å². The smallest absolute Gasteiger partial charge is 0.349 e. The van der Waals surface area contributed by atoms with Gasteiger partial charge in [0.1, 0.15) is 4.88 Å². The maximum Gasteiger partial charge on any atom is 0.349 e. The molecule has 4 N–H and O–H groups in total. The van der Waals surface area contributed by atoms with Crippen LogP contribution < -0.4 is 15.8 Å². The summed E-state index contributed by atoms with van der Waals surface area (Å²) in [4.78, 5) is 36.5. The molecule has 3 rings (SSSR count). The topological polar surface area (TPSA) is 158 Å². The van der Waals surface area contributed by atoms with Gasteiger partial charge in [-0.25, -0.2) is 18.4 Å². The maximum atomic E-state index is 12.3. The van der Waals surface area contributed by atoms with Gasteiger partial charge in [-0.1, -0.05) is 0 Å². The van der Waals surface area contributed by atoms with Gasteiger partial charge >= 0.3 is 5.97 Å². The number of furan rings is 1. The van der Waals surface area contributed by atoms with Crippen molar-refractivity contribution in [2.45, 2.75) is 11.8 Å². The monoisotopic (exact) mass is 463 g/mol. The molecule has 0 aliphatic heterocycles. The molecule has 3 aromatic rings. The SMILES string of the molecule is Cc1cc(NC(=O)c2ccco2)sc1C(=O)OCC(=O)Nc1ccc(S(N)(=O)=O)cc1. The minimum absolute atomic E-state index is 0.0972. The highest BCUT2D eigenvalue weighted by Crippen LogP contribution is 2.28. The highest BCUT2D eigenvalue weighted by molar-refractivity contribution is 7.89. The summed E-state index contributed by atoms with van der Waals surface area (Å²) in [6.45, 7) is 1.12. The van der Waals surface area contributed by atoms with E-state index in [1.54, 1.807) is 19.1 Å². The van der Waals surface area contributed by atoms with Crippen molar-refractivity contribution in [2.75, 3.05) is 17.2 Å². The third-order valence-electron chi connectivity index (χ3n) is 3.89. The molecule has 1 aromatic carbocycles. The van der Waals surface area contributed by atoms with Gasteiger partial charge in [-0.3, -0.25) is 9.59 Å². The number of hydrogen-bond acceptors (Lipinski definition) is 8. The molecule has 0 atom stereocenters. The molecule has 2 heterocycles. The number of nitrogens with one attached hydrogen (secondary N) is 2. The second-order valence-corrected chi connectivity index (χ2v) is 8.86. The highest BCUT2D eigenvalue weighted by Gasteiger charge is 2.19. The molecule has 10 nitrogen and oxygen atoms in total. The van der Waals surface area contributed by atoms with E-state index in [4.69, 9.17) is 14.3 Å². The van der Waals surface area contributed by atoms with Crippen molar-refractivity contribution in [2.24, 2.45) is 5.14 Å². The highest BCUT2D eigenvalue weighted by atomic mass is 32.2. The van der Waals surface area contributed by atoms with Gasteiger partial charge in [0, 0.05) is 5.69 Å². The van der Waals surface area contributed by atoms with Crippen molar-refractivity contribution in [3.8, 4) is 0 Å². The number of esters is 1. The van der Waals surface area contributed by atoms with Crippen molar-refractivity contribution >= 4 is 49.8 Å². The second kappa shape index (κ2) is 9.12. The number of amides is 2. The molecule has 31 heavy (non-hydrogen) atoms. The Hall–Kier alpha value is -3.48. The van der Waals surface area contributed by atoms with Crippen LogP contribution in [-0.4, -0.2) is 32.8 Å². The molecular formula is C19H17N3O7S2. The van der Waals surface area contributed by atoms with Gasteiger partial charge in [-0.05, 0) is 55.0 Å². The van der Waals surface area contributed by atoms with Gasteiger partial charge in [0.25, 0.3) is 11.8 Å². The fraction of sp³-hybridized carbons (Fsp3) is 0.105. The Morgan fingerprint density at radius 3 is 2.45 bits per heavy atom. The number of sulfonamides is 1. The van der Waals surface area contributed by atoms with Crippen LogP contribution in [0.1, 0.15) is 25.8 Å². The zero-order chi connectivity index (χ0) is 22.6. The van der Waals surface area contributed by atoms with Crippen LogP contribution in [-0.2, 0) is 19.6 Å². The first-order valence-corrected chi connectivity index (χ1v) is 11.0. The standard InChI is InChI=1S/C19H17N3O7S2/c1-11-9-16(22-18(24)14-3-2-8-28-14)30-17(11)19(25)29-10-15(23)21-12-4-6-13(7-5-12)31(20,26)27/h2-9H,10H2,1H3,(H,21,23)(H,22,24)(H2,20,26,27). The Labute approximate surface area is 181 Å². The number of hydrogen-bond donors (Lipinski definition) is 3. The van der Waals surface area contributed by atoms with Gasteiger partial charge in [0.15, 0.2) is 12.4 Å². The fourth-order valence-electron chi connectivity index (χ4n) is 2.45. The van der Waals surface area contributed by atoms with Crippen molar-refractivity contribution < 1.29 is 32.0 Å². The number of aryl methyl sites for hydroxylation is 1. The van der Waals surface area contributed by atoms with Gasteiger partial charge < -0.3 is 19.8 Å². The van der Waals surface area contributed by atoms with E-state index in [2.05, 4.69) is 10.6 Å². The Morgan fingerprint density at radius 2 is 1.84 bits per heavy atom. The van der Waals surface area contributed by atoms with E-state index in [9.17, 15) is 22.8 Å². The zero-order valence-electron chi connectivity index (χ0n) is 16.1. The molecule has 0 bridgehead atoms. The Balaban J connectivity index is 1.55. The van der Waals surface area contributed by atoms with E-state index >= 15 is 0 Å². The average Bonchev–Trinajstić information content (AvgIpc) is 3.36. The van der Waals surface area contributed by atoms with Crippen LogP contribution >= 0.6 is 11.3 Å². The van der Waals surface area contributed by atoms with Crippen LogP contribution in [0.2, 0.25) is 0 Å². The minimum Gasteiger partial charge on any atom is -0.459 e. The van der Waals surface area contributed by atoms with E-state index in [1.807, 2.05) is 0 Å². The summed E-state index contributed by atoms with van der Waals surface area (Å²) < 4.78 is 32.5. The summed E-state index contributed by atoms with van der Waals surface area (Å²) in [6.07, 6.45) is 1.37. The third-order valence-corrected chi connectivity index (χ3v) is 5.95. The van der Waals surface area contributed by atoms with Crippen LogP contribution in [0.15, 0.2) is 58.0 Å². The Kier molecular flexibility index (Phi) is 6.53. The summed E-state index contributed by atoms with van der Waals surface area (Å²) in [5.41, 5.74) is 0.882. The molecule has 0 aliphatic carbocycles. The van der Waals surface area contributed by atoms with Gasteiger partial charge in [0.05, 0.1) is 16.2 Å². The number of ether oxygens (including phenoxy) is 1. The lowest BCUT2D eigenvalue weighted by atomic mass is 10.3. The van der Waals surface area contributed by atoms with Crippen molar-refractivity contribution in [1.29, 1.82) is 0 Å². The summed E-state index contributed by atoms with van der Waals surface area (Å²) >= 11 is 1.00. The summed E-state index contributed by atoms with van der Waals surface area (Å²) in [5, 5.41) is 10.5. The van der Waals surface area contributed by atoms with E-state index in [1.165, 1.54) is 36.6 Å². The predicted molar refractivity (Wildman–Crippen MR) is 112 cm³/mol. The molecule has 12 heteroatoms. The number of anilines is 2. The van der Waals surface area contributed by atoms with Gasteiger partial charge in [-0.2, -0.15) is 0 Å². The van der Waals surface area contributed by atoms with Gasteiger partial charge in [-0.15, -0.1) is 11.3 Å². The number of benzene rings is 1. The molecule has 0 radical (unpaired) electrons. The Bertz CT molecular complexity index is 1210. The normalized spacial score (nSPS) is 11.0. The Morgan fingerprint density at radius 1 is 1.13 bits per heavy atom. The number of primary sulfonamides is 1. The summed E-state index contributed by atoms with van der Waals surface area (Å²) in [5.74, 6) is -1.67. The molecule has 2 aromatic heterocycles. The molecule has 2 amide bonds. The van der Waals surface area contributed by atoms with Crippen molar-refractivity contribution in [3.63, 3.8) is 0 Å². The third kappa shape index (κ3) is 5.78. The first-order valence-electron chi connectivity index (χ1n) is 8.68. The van der Waals surface area contributed by atoms with Crippen LogP contribution in [0.3, 0.4) is 0 Å². The lowest BCUT2D eigenvalue weighted by molar-refractivity contribution is -0.119. The predicted octanol–water partition coefficient (Wildman–Crippen LogP) is 2.34. The quantitative estimate of drug-likeness (QED) is 0.454. The van der Waals surface area contributed by atoms with Gasteiger partial charge in [0.2, 0.25) is 10.0 Å². The number of rotatable bonds is 7. The summed E-state index contributed by atoms with van der Waals surface area (Å²) in [6, 6.07) is 9.89. The second-order valence-electron chi connectivity index (χ2n) is 6.25. The fourth-order valence-corrected chi connectivity index (χ4v) is 3.93. The molecule has 0 spiro atoms. The van der Waals surface area contributed by atoms with E-state index in [0.29, 0.717) is 16.3 Å². The molecule has 0 unspecified atom stereocenters. The van der Waals surface area contributed by atoms with Crippen LogP contribution in [0.4, 0.5) is 10.7 Å². The lowest BCUT2D eigenvalue weighted by Gasteiger charge is -2.07.